The van der Waals surface area contributed by atoms with Gasteiger partial charge in [0.1, 0.15) is 19.3 Å². The molecule has 0 spiro atoms. The zero-order valence-electron chi connectivity index (χ0n) is 33.6. The van der Waals surface area contributed by atoms with Crippen LogP contribution >= 0.6 is 7.82 Å². The Labute approximate surface area is 314 Å². The highest BCUT2D eigenvalue weighted by Crippen LogP contribution is 2.43. The molecule has 2 unspecified atom stereocenters. The number of hydrogen-bond acceptors (Lipinski definition) is 6. The van der Waals surface area contributed by atoms with Crippen LogP contribution in [0.3, 0.4) is 0 Å². The zero-order chi connectivity index (χ0) is 37.7. The van der Waals surface area contributed by atoms with Crippen LogP contribution in [0, 0.1) is 0 Å². The smallest absolute Gasteiger partial charge is 0.457 e. The first-order chi connectivity index (χ1) is 24.6. The summed E-state index contributed by atoms with van der Waals surface area (Å²) in [5.41, 5.74) is 0. The predicted molar refractivity (Wildman–Crippen MR) is 215 cm³/mol. The van der Waals surface area contributed by atoms with Crippen LogP contribution in [-0.4, -0.2) is 75.6 Å². The minimum atomic E-state index is -4.26. The zero-order valence-corrected chi connectivity index (χ0v) is 34.5. The molecule has 0 rings (SSSR count). The lowest BCUT2D eigenvalue weighted by molar-refractivity contribution is -0.870. The van der Waals surface area contributed by atoms with E-state index in [1.165, 1.54) is 77.0 Å². The van der Waals surface area contributed by atoms with E-state index in [2.05, 4.69) is 62.5 Å². The molecule has 0 fully saturated rings. The fourth-order valence-corrected chi connectivity index (χ4v) is 5.99. The molecule has 0 saturated carbocycles. The third kappa shape index (κ3) is 39.5. The van der Waals surface area contributed by atoms with Crippen LogP contribution in [0.25, 0.3) is 0 Å². The Kier molecular flexibility index (Phi) is 34.4. The predicted octanol–water partition coefficient (Wildman–Crippen LogP) is 11.6. The van der Waals surface area contributed by atoms with Gasteiger partial charge in [0.05, 0.1) is 34.4 Å². The Morgan fingerprint density at radius 3 is 1.71 bits per heavy atom. The van der Waals surface area contributed by atoms with Gasteiger partial charge in [0.2, 0.25) is 0 Å². The van der Waals surface area contributed by atoms with Gasteiger partial charge in [-0.2, -0.15) is 0 Å². The summed E-state index contributed by atoms with van der Waals surface area (Å²) in [4.78, 5) is 22.7. The molecule has 0 saturated heterocycles. The maximum Gasteiger partial charge on any atom is 0.472 e. The lowest BCUT2D eigenvalue weighted by Crippen LogP contribution is -2.37. The lowest BCUT2D eigenvalue weighted by Gasteiger charge is -2.24. The topological polar surface area (TPSA) is 91.3 Å². The van der Waals surface area contributed by atoms with E-state index in [-0.39, 0.29) is 25.8 Å². The van der Waals surface area contributed by atoms with Crippen LogP contribution in [0.4, 0.5) is 0 Å². The number of esters is 1. The Morgan fingerprint density at radius 2 is 1.14 bits per heavy atom. The molecule has 2 atom stereocenters. The van der Waals surface area contributed by atoms with Gasteiger partial charge in [-0.25, -0.2) is 4.57 Å². The number of carbonyl (C=O) groups is 1. The van der Waals surface area contributed by atoms with Crippen molar-refractivity contribution >= 4 is 13.8 Å². The van der Waals surface area contributed by atoms with Crippen molar-refractivity contribution in [1.29, 1.82) is 0 Å². The molecule has 8 nitrogen and oxygen atoms in total. The maximum absolute atomic E-state index is 12.6. The summed E-state index contributed by atoms with van der Waals surface area (Å²) in [6.45, 7) is 5.45. The summed E-state index contributed by atoms with van der Waals surface area (Å²) >= 11 is 0. The number of likely N-dealkylation sites (N-methyl/N-ethyl adjacent to an activating group) is 1. The summed E-state index contributed by atoms with van der Waals surface area (Å²) in [6, 6.07) is 0. The molecule has 0 aliphatic rings. The van der Waals surface area contributed by atoms with E-state index < -0.39 is 13.9 Å². The molecule has 0 radical (unpaired) electrons. The van der Waals surface area contributed by atoms with Crippen LogP contribution in [0.15, 0.2) is 48.6 Å². The number of unbranched alkanes of at least 4 members (excludes halogenated alkanes) is 15. The molecule has 0 heterocycles. The van der Waals surface area contributed by atoms with E-state index in [4.69, 9.17) is 18.5 Å². The number of allylic oxidation sites excluding steroid dienone is 8. The summed E-state index contributed by atoms with van der Waals surface area (Å²) in [5.74, 6) is -0.323. The Bertz CT molecular complexity index is 957. The van der Waals surface area contributed by atoms with Crippen molar-refractivity contribution < 1.29 is 37.3 Å². The molecule has 0 bridgehead atoms. The van der Waals surface area contributed by atoms with Crippen molar-refractivity contribution in [3.8, 4) is 0 Å². The highest BCUT2D eigenvalue weighted by molar-refractivity contribution is 7.47. The number of phosphoric acid groups is 1. The van der Waals surface area contributed by atoms with Crippen molar-refractivity contribution in [3.05, 3.63) is 48.6 Å². The van der Waals surface area contributed by atoms with Crippen molar-refractivity contribution in [1.82, 2.24) is 0 Å². The van der Waals surface area contributed by atoms with Crippen molar-refractivity contribution in [2.75, 3.05) is 54.1 Å². The second-order valence-electron chi connectivity index (χ2n) is 14.6. The lowest BCUT2D eigenvalue weighted by atomic mass is 10.0. The first-order valence-corrected chi connectivity index (χ1v) is 21.9. The molecule has 0 aromatic heterocycles. The van der Waals surface area contributed by atoms with Crippen LogP contribution < -0.4 is 0 Å². The van der Waals surface area contributed by atoms with E-state index in [0.717, 1.165) is 57.8 Å². The molecular weight excluding hydrogens is 661 g/mol. The maximum atomic E-state index is 12.6. The van der Waals surface area contributed by atoms with E-state index >= 15 is 0 Å². The molecule has 1 N–H and O–H groups in total. The van der Waals surface area contributed by atoms with Crippen molar-refractivity contribution in [2.45, 2.75) is 161 Å². The Hall–Kier alpha value is -1.54. The molecule has 0 amide bonds. The van der Waals surface area contributed by atoms with Gasteiger partial charge in [-0.3, -0.25) is 13.8 Å². The molecular formula is C42H79NO7P+. The number of carbonyl (C=O) groups excluding carboxylic acids is 1. The first-order valence-electron chi connectivity index (χ1n) is 20.4. The Balaban J connectivity index is 4.06. The van der Waals surface area contributed by atoms with Crippen LogP contribution in [-0.2, 0) is 27.9 Å². The quantitative estimate of drug-likeness (QED) is 0.0223. The molecule has 0 aliphatic heterocycles. The number of phosphoric ester groups is 1. The van der Waals surface area contributed by atoms with E-state index in [1.54, 1.807) is 0 Å². The third-order valence-electron chi connectivity index (χ3n) is 8.40. The normalized spacial score (nSPS) is 14.4. The van der Waals surface area contributed by atoms with Crippen LogP contribution in [0.5, 0.6) is 0 Å². The minimum absolute atomic E-state index is 0.0868. The number of nitrogens with zero attached hydrogens (tertiary/aromatic N) is 1. The van der Waals surface area contributed by atoms with Gasteiger partial charge >= 0.3 is 13.8 Å². The first kappa shape index (κ1) is 49.5. The van der Waals surface area contributed by atoms with Gasteiger partial charge in [0, 0.05) is 13.0 Å². The fourth-order valence-electron chi connectivity index (χ4n) is 5.25. The van der Waals surface area contributed by atoms with Crippen LogP contribution in [0.1, 0.15) is 155 Å². The van der Waals surface area contributed by atoms with Gasteiger partial charge < -0.3 is 18.9 Å². The number of hydrogen-bond donors (Lipinski definition) is 1. The average molecular weight is 741 g/mol. The standard InChI is InChI=1S/C42H78NO7P/c1-6-8-10-12-14-15-16-17-18-19-20-21-22-23-24-25-26-27-28-29-30-31-33-35-42(44)50-41(39-47-37-34-32-13-11-9-7-2)40-49-51(45,46)48-38-36-43(3,4)5/h8,10,14-15,17-18,20-21,41H,6-7,9,11-13,16,19,22-40H2,1-5H3/p+1/b10-8-,15-14-,18-17-,21-20-. The molecule has 9 heteroatoms. The monoisotopic (exact) mass is 741 g/mol. The third-order valence-corrected chi connectivity index (χ3v) is 9.39. The summed E-state index contributed by atoms with van der Waals surface area (Å²) < 4.78 is 34.7. The average Bonchev–Trinajstić information content (AvgIpc) is 3.08. The minimum Gasteiger partial charge on any atom is -0.457 e. The number of rotatable bonds is 37. The highest BCUT2D eigenvalue weighted by atomic mass is 31.2. The van der Waals surface area contributed by atoms with Gasteiger partial charge in [-0.05, 0) is 51.4 Å². The molecule has 0 aromatic rings. The van der Waals surface area contributed by atoms with E-state index in [0.29, 0.717) is 24.1 Å². The van der Waals surface area contributed by atoms with Gasteiger partial charge in [0.25, 0.3) is 0 Å². The molecule has 51 heavy (non-hydrogen) atoms. The summed E-state index contributed by atoms with van der Waals surface area (Å²) in [6.07, 6.45) is 41.6. The van der Waals surface area contributed by atoms with Crippen molar-refractivity contribution in [2.24, 2.45) is 0 Å². The Morgan fingerprint density at radius 1 is 0.627 bits per heavy atom. The van der Waals surface area contributed by atoms with Gasteiger partial charge in [-0.15, -0.1) is 0 Å². The van der Waals surface area contributed by atoms with E-state index in [1.807, 2.05) is 21.1 Å². The molecule has 298 valence electrons. The summed E-state index contributed by atoms with van der Waals surface area (Å²) in [7, 11) is 1.66. The van der Waals surface area contributed by atoms with Gasteiger partial charge in [0.15, 0.2) is 0 Å². The largest absolute Gasteiger partial charge is 0.472 e. The fraction of sp³-hybridized carbons (Fsp3) is 0.786. The highest BCUT2D eigenvalue weighted by Gasteiger charge is 2.26. The molecule has 0 aliphatic carbocycles. The second kappa shape index (κ2) is 35.5. The van der Waals surface area contributed by atoms with Crippen molar-refractivity contribution in [3.63, 3.8) is 0 Å². The number of quaternary nitrogens is 1. The number of ether oxygens (including phenoxy) is 2. The van der Waals surface area contributed by atoms with Gasteiger partial charge in [-0.1, -0.05) is 146 Å². The summed E-state index contributed by atoms with van der Waals surface area (Å²) in [5, 5.41) is 0. The second-order valence-corrected chi connectivity index (χ2v) is 16.1. The van der Waals surface area contributed by atoms with Crippen LogP contribution in [0.2, 0.25) is 0 Å². The van der Waals surface area contributed by atoms with E-state index in [9.17, 15) is 14.3 Å². The molecule has 0 aromatic carbocycles. The SMILES string of the molecule is CC/C=C\C/C=C\C/C=C\C/C=C\CCCCCCCCCCCCC(=O)OC(COCCCCCCCC)COP(=O)(O)OCC[N+](C)(C)C.